The summed E-state index contributed by atoms with van der Waals surface area (Å²) >= 11 is 3.30. The zero-order valence-electron chi connectivity index (χ0n) is 17.0. The molecule has 1 atom stereocenters. The van der Waals surface area contributed by atoms with Crippen LogP contribution in [0, 0.1) is 12.8 Å². The average Bonchev–Trinajstić information content (AvgIpc) is 3.33. The van der Waals surface area contributed by atoms with Crippen molar-refractivity contribution >= 4 is 39.2 Å². The lowest BCUT2D eigenvalue weighted by atomic mass is 9.89. The summed E-state index contributed by atoms with van der Waals surface area (Å²) in [7, 11) is 0. The maximum Gasteiger partial charge on any atom is 0.231 e. The van der Waals surface area contributed by atoms with E-state index >= 15 is 0 Å². The lowest BCUT2D eigenvalue weighted by Crippen LogP contribution is -2.24. The third kappa shape index (κ3) is 3.86. The third-order valence-electron chi connectivity index (χ3n) is 5.50. The molecule has 1 N–H and O–H groups in total. The first-order chi connectivity index (χ1) is 14.6. The maximum atomic E-state index is 12.5. The first-order valence-corrected chi connectivity index (χ1v) is 11.9. The molecule has 1 aliphatic heterocycles. The summed E-state index contributed by atoms with van der Waals surface area (Å²) in [6, 6.07) is 5.72. The number of nitrogens with one attached hydrogen (secondary N) is 1. The molecular formula is C22H23N3O3S2. The van der Waals surface area contributed by atoms with E-state index in [4.69, 9.17) is 9.47 Å². The zero-order valence-corrected chi connectivity index (χ0v) is 18.6. The van der Waals surface area contributed by atoms with Crippen LogP contribution in [0.4, 0.5) is 0 Å². The van der Waals surface area contributed by atoms with Crippen molar-refractivity contribution in [3.8, 4) is 11.5 Å². The number of aromatic nitrogens is 2. The van der Waals surface area contributed by atoms with Gasteiger partial charge in [-0.05, 0) is 55.4 Å². The summed E-state index contributed by atoms with van der Waals surface area (Å²) in [6.45, 7) is 4.94. The molecule has 1 aromatic carbocycles. The number of thioether (sulfide) groups is 1. The van der Waals surface area contributed by atoms with E-state index in [-0.39, 0.29) is 12.7 Å². The minimum absolute atomic E-state index is 0.0141. The Morgan fingerprint density at radius 2 is 2.17 bits per heavy atom. The number of thiophene rings is 1. The first kappa shape index (κ1) is 19.6. The molecule has 1 amide bonds. The van der Waals surface area contributed by atoms with Gasteiger partial charge in [-0.25, -0.2) is 9.97 Å². The van der Waals surface area contributed by atoms with Gasteiger partial charge in [-0.1, -0.05) is 24.8 Å². The second-order valence-electron chi connectivity index (χ2n) is 7.86. The summed E-state index contributed by atoms with van der Waals surface area (Å²) in [5.41, 5.74) is 2.38. The van der Waals surface area contributed by atoms with Crippen LogP contribution in [-0.2, 0) is 24.2 Å². The number of hydrogen-bond acceptors (Lipinski definition) is 7. The predicted octanol–water partition coefficient (Wildman–Crippen LogP) is 4.26. The van der Waals surface area contributed by atoms with E-state index in [9.17, 15) is 4.79 Å². The van der Waals surface area contributed by atoms with E-state index in [0.29, 0.717) is 12.3 Å². The minimum Gasteiger partial charge on any atom is -0.454 e. The fourth-order valence-electron chi connectivity index (χ4n) is 3.95. The van der Waals surface area contributed by atoms with Gasteiger partial charge in [-0.3, -0.25) is 4.79 Å². The molecule has 0 spiro atoms. The Morgan fingerprint density at radius 3 is 3.07 bits per heavy atom. The highest BCUT2D eigenvalue weighted by Crippen LogP contribution is 2.41. The molecule has 2 aromatic heterocycles. The van der Waals surface area contributed by atoms with Crippen LogP contribution in [0.2, 0.25) is 0 Å². The molecule has 3 heterocycles. The Labute approximate surface area is 183 Å². The monoisotopic (exact) mass is 441 g/mol. The number of rotatable bonds is 5. The van der Waals surface area contributed by atoms with E-state index in [1.807, 2.05) is 25.1 Å². The molecule has 1 unspecified atom stereocenters. The van der Waals surface area contributed by atoms with Crippen molar-refractivity contribution in [2.24, 2.45) is 5.92 Å². The number of benzene rings is 1. The summed E-state index contributed by atoms with van der Waals surface area (Å²) in [5.74, 6) is 3.27. The molecule has 156 valence electrons. The van der Waals surface area contributed by atoms with Crippen molar-refractivity contribution in [2.75, 3.05) is 12.5 Å². The topological polar surface area (TPSA) is 73.3 Å². The van der Waals surface area contributed by atoms with E-state index < -0.39 is 0 Å². The number of amides is 1. The average molecular weight is 442 g/mol. The van der Waals surface area contributed by atoms with E-state index in [1.165, 1.54) is 34.0 Å². The normalized spacial score (nSPS) is 17.2. The van der Waals surface area contributed by atoms with E-state index in [0.717, 1.165) is 51.5 Å². The molecule has 5 rings (SSSR count). The summed E-state index contributed by atoms with van der Waals surface area (Å²) in [4.78, 5) is 24.3. The highest BCUT2D eigenvalue weighted by Gasteiger charge is 2.24. The molecule has 1 aliphatic carbocycles. The fraction of sp³-hybridized carbons (Fsp3) is 0.409. The second-order valence-corrected chi connectivity index (χ2v) is 9.91. The summed E-state index contributed by atoms with van der Waals surface area (Å²) < 4.78 is 10.7. The Bertz CT molecular complexity index is 1130. The third-order valence-corrected chi connectivity index (χ3v) is 7.62. The first-order valence-electron chi connectivity index (χ1n) is 10.1. The molecule has 30 heavy (non-hydrogen) atoms. The van der Waals surface area contributed by atoms with Gasteiger partial charge in [0.1, 0.15) is 15.7 Å². The van der Waals surface area contributed by atoms with Crippen LogP contribution in [0.15, 0.2) is 23.2 Å². The summed E-state index contributed by atoms with van der Waals surface area (Å²) in [6.07, 6.45) is 3.40. The van der Waals surface area contributed by atoms with Gasteiger partial charge in [0.2, 0.25) is 12.7 Å². The van der Waals surface area contributed by atoms with E-state index in [1.54, 1.807) is 11.3 Å². The smallest absolute Gasteiger partial charge is 0.231 e. The Hall–Kier alpha value is -2.32. The summed E-state index contributed by atoms with van der Waals surface area (Å²) in [5, 5.41) is 5.09. The van der Waals surface area contributed by atoms with Gasteiger partial charge in [0.15, 0.2) is 11.5 Å². The van der Waals surface area contributed by atoms with Crippen molar-refractivity contribution in [2.45, 2.75) is 44.7 Å². The minimum atomic E-state index is -0.0141. The van der Waals surface area contributed by atoms with Gasteiger partial charge in [0, 0.05) is 16.8 Å². The lowest BCUT2D eigenvalue weighted by Gasteiger charge is -2.18. The van der Waals surface area contributed by atoms with Crippen molar-refractivity contribution in [3.63, 3.8) is 0 Å². The van der Waals surface area contributed by atoms with Gasteiger partial charge >= 0.3 is 0 Å². The molecule has 0 saturated heterocycles. The van der Waals surface area contributed by atoms with Crippen molar-refractivity contribution in [1.29, 1.82) is 0 Å². The number of nitrogens with zero attached hydrogens (tertiary/aromatic N) is 2. The second kappa shape index (κ2) is 8.07. The maximum absolute atomic E-state index is 12.5. The molecule has 2 aliphatic rings. The van der Waals surface area contributed by atoms with E-state index in [2.05, 4.69) is 22.2 Å². The van der Waals surface area contributed by atoms with Crippen LogP contribution in [0.1, 0.15) is 35.2 Å². The van der Waals surface area contributed by atoms with Gasteiger partial charge < -0.3 is 14.8 Å². The highest BCUT2D eigenvalue weighted by atomic mass is 32.2. The van der Waals surface area contributed by atoms with Crippen LogP contribution in [-0.4, -0.2) is 28.4 Å². The van der Waals surface area contributed by atoms with Crippen LogP contribution in [0.25, 0.3) is 10.2 Å². The van der Waals surface area contributed by atoms with Crippen molar-refractivity contribution < 1.29 is 14.3 Å². The molecule has 8 heteroatoms. The quantitative estimate of drug-likeness (QED) is 0.471. The Balaban J connectivity index is 1.27. The number of ether oxygens (including phenoxy) is 2. The zero-order chi connectivity index (χ0) is 20.7. The van der Waals surface area contributed by atoms with Crippen molar-refractivity contribution in [1.82, 2.24) is 15.3 Å². The lowest BCUT2D eigenvalue weighted by molar-refractivity contribution is -0.118. The van der Waals surface area contributed by atoms with Gasteiger partial charge in [0.25, 0.3) is 0 Å². The van der Waals surface area contributed by atoms with Gasteiger partial charge in [-0.15, -0.1) is 11.3 Å². The van der Waals surface area contributed by atoms with Gasteiger partial charge in [0.05, 0.1) is 5.75 Å². The van der Waals surface area contributed by atoms with Crippen LogP contribution < -0.4 is 14.8 Å². The van der Waals surface area contributed by atoms with Crippen LogP contribution in [0.5, 0.6) is 11.5 Å². The molecule has 0 bridgehead atoms. The number of aryl methyl sites for hydroxylation is 2. The highest BCUT2D eigenvalue weighted by molar-refractivity contribution is 8.00. The standard InChI is InChI=1S/C22H23N3O3S2/c1-12-3-5-15-18(7-12)30-22-20(15)21(24-13(2)25-22)29-10-19(26)23-9-14-4-6-16-17(8-14)28-11-27-16/h4,6,8,12H,3,5,7,9-11H2,1-2H3,(H,23,26). The Kier molecular flexibility index (Phi) is 5.28. The number of fused-ring (bicyclic) bond motifs is 4. The van der Waals surface area contributed by atoms with Crippen LogP contribution in [0.3, 0.4) is 0 Å². The van der Waals surface area contributed by atoms with Gasteiger partial charge in [-0.2, -0.15) is 0 Å². The molecule has 0 radical (unpaired) electrons. The molecule has 3 aromatic rings. The number of hydrogen-bond donors (Lipinski definition) is 1. The van der Waals surface area contributed by atoms with Crippen LogP contribution >= 0.6 is 23.1 Å². The fourth-order valence-corrected chi connectivity index (χ4v) is 6.38. The number of carbonyl (C=O) groups excluding carboxylic acids is 1. The molecule has 0 saturated carbocycles. The number of carbonyl (C=O) groups is 1. The van der Waals surface area contributed by atoms with Crippen molar-refractivity contribution in [3.05, 3.63) is 40.0 Å². The molecule has 6 nitrogen and oxygen atoms in total. The molecule has 0 fully saturated rings. The largest absolute Gasteiger partial charge is 0.454 e. The SMILES string of the molecule is Cc1nc(SCC(=O)NCc2ccc3c(c2)OCO3)c2c3c(sc2n1)CC(C)CC3. The Morgan fingerprint density at radius 1 is 1.30 bits per heavy atom. The predicted molar refractivity (Wildman–Crippen MR) is 118 cm³/mol. The molecular weight excluding hydrogens is 418 g/mol.